The van der Waals surface area contributed by atoms with E-state index in [9.17, 15) is 19.3 Å². The van der Waals surface area contributed by atoms with Crippen LogP contribution in [-0.4, -0.2) is 16.6 Å². The minimum absolute atomic E-state index is 0.0500. The number of anilines is 1. The van der Waals surface area contributed by atoms with Crippen LogP contribution in [0.5, 0.6) is 0 Å². The summed E-state index contributed by atoms with van der Waals surface area (Å²) >= 11 is 0. The summed E-state index contributed by atoms with van der Waals surface area (Å²) in [5.41, 5.74) is -0.742. The number of hydrogen-bond acceptors (Lipinski definition) is 4. The van der Waals surface area contributed by atoms with E-state index in [1.807, 2.05) is 0 Å². The van der Waals surface area contributed by atoms with Crippen LogP contribution >= 0.6 is 0 Å². The van der Waals surface area contributed by atoms with E-state index >= 15 is 4.39 Å². The molecule has 0 N–H and O–H groups in total. The molecule has 1 amide bonds. The van der Waals surface area contributed by atoms with Gasteiger partial charge in [0.25, 0.3) is 5.69 Å². The highest BCUT2D eigenvalue weighted by Crippen LogP contribution is 2.35. The molecule has 0 aromatic heterocycles. The fourth-order valence-electron chi connectivity index (χ4n) is 2.87. The Labute approximate surface area is 185 Å². The molecule has 0 aliphatic rings. The molecule has 0 heterocycles. The molecule has 0 aliphatic heterocycles. The minimum atomic E-state index is -0.990. The quantitative estimate of drug-likeness (QED) is 0.276. The largest absolute Gasteiger partial charge is 0.443 e. The van der Waals surface area contributed by atoms with Gasteiger partial charge in [0.2, 0.25) is 0 Å². The van der Waals surface area contributed by atoms with Gasteiger partial charge in [0, 0.05) is 0 Å². The first kappa shape index (κ1) is 24.5. The van der Waals surface area contributed by atoms with E-state index in [0.717, 1.165) is 11.0 Å². The maximum Gasteiger partial charge on any atom is 0.415 e. The third kappa shape index (κ3) is 6.10. The zero-order valence-electron chi connectivity index (χ0n) is 18.1. The fourth-order valence-corrected chi connectivity index (χ4v) is 2.87. The van der Waals surface area contributed by atoms with Crippen LogP contribution in [-0.2, 0) is 11.3 Å². The molecule has 0 atom stereocenters. The Balaban J connectivity index is 2.70. The molecular weight excluding hydrogens is 418 g/mol. The standard InChI is InChI=1S/C24H24F2N2O4/c1-6-8-17(7-2)19-13-22(20(26)14-21(19)28(30)31)27(23(29)32-24(3,4)5)15-16-9-11-18(25)12-10-16/h6-14H,1-2,15H2,3-5H3/b17-8+. The Morgan fingerprint density at radius 1 is 1.19 bits per heavy atom. The average molecular weight is 442 g/mol. The maximum absolute atomic E-state index is 15.1. The molecule has 6 nitrogen and oxygen atoms in total. The molecule has 0 unspecified atom stereocenters. The lowest BCUT2D eigenvalue weighted by Crippen LogP contribution is -2.37. The fraction of sp³-hybridized carbons (Fsp3) is 0.208. The summed E-state index contributed by atoms with van der Waals surface area (Å²) in [4.78, 5) is 24.8. The molecule has 0 aliphatic carbocycles. The van der Waals surface area contributed by atoms with Crippen molar-refractivity contribution in [3.05, 3.63) is 101 Å². The predicted octanol–water partition coefficient (Wildman–Crippen LogP) is 6.57. The van der Waals surface area contributed by atoms with Gasteiger partial charge in [0.15, 0.2) is 5.82 Å². The molecule has 0 saturated carbocycles. The molecule has 168 valence electrons. The number of ether oxygens (including phenoxy) is 1. The van der Waals surface area contributed by atoms with Crippen LogP contribution in [0.1, 0.15) is 31.9 Å². The predicted molar refractivity (Wildman–Crippen MR) is 120 cm³/mol. The number of nitro benzene ring substituents is 1. The molecule has 0 saturated heterocycles. The van der Waals surface area contributed by atoms with Gasteiger partial charge in [-0.1, -0.05) is 43.5 Å². The molecule has 2 rings (SSSR count). The minimum Gasteiger partial charge on any atom is -0.443 e. The second kappa shape index (κ2) is 10.00. The van der Waals surface area contributed by atoms with Gasteiger partial charge in [-0.2, -0.15) is 0 Å². The molecule has 2 aromatic rings. The summed E-state index contributed by atoms with van der Waals surface area (Å²) in [6.07, 6.45) is 3.39. The summed E-state index contributed by atoms with van der Waals surface area (Å²) in [7, 11) is 0. The number of benzene rings is 2. The summed E-state index contributed by atoms with van der Waals surface area (Å²) in [5, 5.41) is 11.5. The Kier molecular flexibility index (Phi) is 7.64. The van der Waals surface area contributed by atoms with Crippen LogP contribution in [0.3, 0.4) is 0 Å². The summed E-state index contributed by atoms with van der Waals surface area (Å²) in [6, 6.07) is 7.25. The van der Waals surface area contributed by atoms with E-state index in [2.05, 4.69) is 13.2 Å². The van der Waals surface area contributed by atoms with Crippen molar-refractivity contribution < 1.29 is 23.2 Å². The van der Waals surface area contributed by atoms with Crippen LogP contribution in [0.2, 0.25) is 0 Å². The maximum atomic E-state index is 15.1. The number of nitro groups is 1. The number of rotatable bonds is 7. The third-order valence-electron chi connectivity index (χ3n) is 4.25. The number of carbonyl (C=O) groups excluding carboxylic acids is 1. The molecule has 32 heavy (non-hydrogen) atoms. The lowest BCUT2D eigenvalue weighted by Gasteiger charge is -2.28. The zero-order valence-corrected chi connectivity index (χ0v) is 18.1. The highest BCUT2D eigenvalue weighted by Gasteiger charge is 2.29. The number of nitrogens with zero attached hydrogens (tertiary/aromatic N) is 2. The van der Waals surface area contributed by atoms with Crippen molar-refractivity contribution >= 4 is 23.0 Å². The SMILES string of the molecule is C=C/C=C(\C=C)c1cc(N(Cc2ccc(F)cc2)C(=O)OC(C)(C)C)c(F)cc1[N+](=O)[O-]. The second-order valence-electron chi connectivity index (χ2n) is 7.83. The first-order valence-corrected chi connectivity index (χ1v) is 9.65. The zero-order chi connectivity index (χ0) is 24.1. The topological polar surface area (TPSA) is 72.7 Å². The molecule has 2 aromatic carbocycles. The monoisotopic (exact) mass is 442 g/mol. The Morgan fingerprint density at radius 3 is 2.31 bits per heavy atom. The smallest absolute Gasteiger partial charge is 0.415 e. The highest BCUT2D eigenvalue weighted by molar-refractivity contribution is 5.91. The number of halogens is 2. The van der Waals surface area contributed by atoms with E-state index < -0.39 is 33.9 Å². The van der Waals surface area contributed by atoms with E-state index in [1.54, 1.807) is 20.8 Å². The van der Waals surface area contributed by atoms with Crippen molar-refractivity contribution in [1.29, 1.82) is 0 Å². The van der Waals surface area contributed by atoms with E-state index in [-0.39, 0.29) is 17.8 Å². The lowest BCUT2D eigenvalue weighted by molar-refractivity contribution is -0.385. The molecule has 8 heteroatoms. The number of allylic oxidation sites excluding steroid dienone is 4. The van der Waals surface area contributed by atoms with Gasteiger partial charge in [-0.15, -0.1) is 0 Å². The van der Waals surface area contributed by atoms with Gasteiger partial charge in [-0.05, 0) is 50.1 Å². The summed E-state index contributed by atoms with van der Waals surface area (Å²) in [6.45, 7) is 12.0. The first-order chi connectivity index (χ1) is 15.0. The van der Waals surface area contributed by atoms with Crippen LogP contribution < -0.4 is 4.90 Å². The van der Waals surface area contributed by atoms with Crippen molar-refractivity contribution in [3.63, 3.8) is 0 Å². The lowest BCUT2D eigenvalue weighted by atomic mass is 10.0. The van der Waals surface area contributed by atoms with Gasteiger partial charge in [0.1, 0.15) is 11.4 Å². The van der Waals surface area contributed by atoms with Crippen LogP contribution in [0.4, 0.5) is 25.0 Å². The van der Waals surface area contributed by atoms with Gasteiger partial charge in [-0.3, -0.25) is 15.0 Å². The van der Waals surface area contributed by atoms with E-state index in [1.165, 1.54) is 48.6 Å². The van der Waals surface area contributed by atoms with Gasteiger partial charge in [-0.25, -0.2) is 13.6 Å². The Bertz CT molecular complexity index is 1070. The van der Waals surface area contributed by atoms with E-state index in [4.69, 9.17) is 4.74 Å². The number of amides is 1. The molecule has 0 spiro atoms. The van der Waals surface area contributed by atoms with Gasteiger partial charge >= 0.3 is 6.09 Å². The Morgan fingerprint density at radius 2 is 1.81 bits per heavy atom. The highest BCUT2D eigenvalue weighted by atomic mass is 19.1. The summed E-state index contributed by atoms with van der Waals surface area (Å²) in [5.74, 6) is -1.46. The molecular formula is C24H24F2N2O4. The van der Waals surface area contributed by atoms with Crippen LogP contribution in [0.25, 0.3) is 5.57 Å². The first-order valence-electron chi connectivity index (χ1n) is 9.65. The van der Waals surface area contributed by atoms with Gasteiger partial charge < -0.3 is 4.74 Å². The van der Waals surface area contributed by atoms with Crippen molar-refractivity contribution in [2.75, 3.05) is 4.90 Å². The third-order valence-corrected chi connectivity index (χ3v) is 4.25. The van der Waals surface area contributed by atoms with Crippen molar-refractivity contribution in [1.82, 2.24) is 0 Å². The molecule has 0 fully saturated rings. The van der Waals surface area contributed by atoms with Crippen molar-refractivity contribution in [2.45, 2.75) is 32.9 Å². The van der Waals surface area contributed by atoms with Crippen LogP contribution in [0.15, 0.2) is 67.8 Å². The van der Waals surface area contributed by atoms with Crippen molar-refractivity contribution in [3.8, 4) is 0 Å². The summed E-state index contributed by atoms with van der Waals surface area (Å²) < 4.78 is 33.8. The van der Waals surface area contributed by atoms with E-state index in [0.29, 0.717) is 11.1 Å². The average Bonchev–Trinajstić information content (AvgIpc) is 2.70. The van der Waals surface area contributed by atoms with Gasteiger partial charge in [0.05, 0.1) is 28.8 Å². The van der Waals surface area contributed by atoms with Crippen LogP contribution in [0, 0.1) is 21.7 Å². The molecule has 0 radical (unpaired) electrons. The second-order valence-corrected chi connectivity index (χ2v) is 7.83. The normalized spacial score (nSPS) is 11.6. The number of carbonyl (C=O) groups is 1. The Hall–Kier alpha value is -3.81. The molecule has 0 bridgehead atoms. The van der Waals surface area contributed by atoms with Crippen molar-refractivity contribution in [2.24, 2.45) is 0 Å². The number of hydrogen-bond donors (Lipinski definition) is 0.